The molecule has 4 rings (SSSR count). The zero-order chi connectivity index (χ0) is 22.5. The van der Waals surface area contributed by atoms with Gasteiger partial charge < -0.3 is 15.7 Å². The van der Waals surface area contributed by atoms with Crippen molar-refractivity contribution in [3.8, 4) is 11.3 Å². The maximum absolute atomic E-state index is 13.1. The Hall–Kier alpha value is -3.12. The van der Waals surface area contributed by atoms with E-state index in [1.165, 1.54) is 0 Å². The Morgan fingerprint density at radius 1 is 0.938 bits per heavy atom. The number of carbonyl (C=O) groups excluding carboxylic acids is 1. The van der Waals surface area contributed by atoms with E-state index < -0.39 is 6.09 Å². The highest BCUT2D eigenvalue weighted by Crippen LogP contribution is 2.29. The van der Waals surface area contributed by atoms with Crippen molar-refractivity contribution < 1.29 is 14.7 Å². The first-order valence-electron chi connectivity index (χ1n) is 10.9. The second kappa shape index (κ2) is 10.0. The zero-order valence-corrected chi connectivity index (χ0v) is 18.4. The summed E-state index contributed by atoms with van der Waals surface area (Å²) in [5, 5.41) is 15.8. The molecule has 1 aliphatic rings. The number of amides is 2. The molecule has 1 fully saturated rings. The quantitative estimate of drug-likeness (QED) is 0.470. The van der Waals surface area contributed by atoms with Crippen LogP contribution in [0.2, 0.25) is 5.02 Å². The lowest BCUT2D eigenvalue weighted by atomic mass is 9.82. The average molecular weight is 452 g/mol. The number of aromatic nitrogens is 1. The summed E-state index contributed by atoms with van der Waals surface area (Å²) in [4.78, 5) is 28.6. The predicted octanol–water partition coefficient (Wildman–Crippen LogP) is 5.36. The highest BCUT2D eigenvalue weighted by Gasteiger charge is 2.22. The number of nitrogens with zero attached hydrogens (tertiary/aromatic N) is 1. The van der Waals surface area contributed by atoms with Gasteiger partial charge >= 0.3 is 6.09 Å². The van der Waals surface area contributed by atoms with E-state index in [-0.39, 0.29) is 5.91 Å². The van der Waals surface area contributed by atoms with E-state index in [0.717, 1.165) is 47.8 Å². The Balaban J connectivity index is 1.45. The Morgan fingerprint density at radius 2 is 1.56 bits per heavy atom. The van der Waals surface area contributed by atoms with Crippen molar-refractivity contribution in [1.29, 1.82) is 0 Å². The van der Waals surface area contributed by atoms with Gasteiger partial charge in [0, 0.05) is 29.1 Å². The Labute approximate surface area is 192 Å². The van der Waals surface area contributed by atoms with Gasteiger partial charge in [-0.05, 0) is 61.8 Å². The number of benzene rings is 2. The molecule has 0 atom stereocenters. The second-order valence-corrected chi connectivity index (χ2v) is 8.80. The van der Waals surface area contributed by atoms with Gasteiger partial charge in [-0.2, -0.15) is 0 Å². The van der Waals surface area contributed by atoms with E-state index in [1.54, 1.807) is 0 Å². The van der Waals surface area contributed by atoms with E-state index in [9.17, 15) is 9.59 Å². The van der Waals surface area contributed by atoms with Crippen LogP contribution in [0.25, 0.3) is 22.2 Å². The topological polar surface area (TPSA) is 91.3 Å². The first-order chi connectivity index (χ1) is 15.5. The maximum Gasteiger partial charge on any atom is 0.404 e. The first-order valence-corrected chi connectivity index (χ1v) is 11.3. The molecule has 2 amide bonds. The number of carboxylic acid groups (broad SMARTS) is 1. The van der Waals surface area contributed by atoms with Crippen LogP contribution < -0.4 is 10.6 Å². The molecule has 0 saturated heterocycles. The molecule has 6 nitrogen and oxygen atoms in total. The highest BCUT2D eigenvalue weighted by atomic mass is 35.5. The summed E-state index contributed by atoms with van der Waals surface area (Å²) in [6, 6.07) is 16.9. The van der Waals surface area contributed by atoms with Crippen molar-refractivity contribution >= 4 is 34.5 Å². The molecule has 0 spiro atoms. The third-order valence-corrected chi connectivity index (χ3v) is 6.41. The van der Waals surface area contributed by atoms with Gasteiger partial charge in [0.25, 0.3) is 5.91 Å². The third kappa shape index (κ3) is 5.37. The molecule has 0 unspecified atom stereocenters. The molecule has 3 aromatic rings. The maximum atomic E-state index is 13.1. The molecule has 3 N–H and O–H groups in total. The zero-order valence-electron chi connectivity index (χ0n) is 17.7. The van der Waals surface area contributed by atoms with Crippen LogP contribution in [-0.4, -0.2) is 35.2 Å². The number of nitrogens with one attached hydrogen (secondary N) is 2. The van der Waals surface area contributed by atoms with Gasteiger partial charge in [-0.3, -0.25) is 4.79 Å². The van der Waals surface area contributed by atoms with Gasteiger partial charge in [0.05, 0.1) is 16.8 Å². The van der Waals surface area contributed by atoms with Gasteiger partial charge in [0.2, 0.25) is 0 Å². The minimum Gasteiger partial charge on any atom is -0.465 e. The third-order valence-electron chi connectivity index (χ3n) is 6.16. The largest absolute Gasteiger partial charge is 0.465 e. The molecule has 32 heavy (non-hydrogen) atoms. The number of carbonyl (C=O) groups is 2. The fourth-order valence-corrected chi connectivity index (χ4v) is 4.46. The Bertz CT molecular complexity index is 1110. The molecule has 0 aliphatic heterocycles. The van der Waals surface area contributed by atoms with Crippen LogP contribution in [0.15, 0.2) is 54.6 Å². The molecule has 7 heteroatoms. The fraction of sp³-hybridized carbons (Fsp3) is 0.320. The normalized spacial score (nSPS) is 18.3. The van der Waals surface area contributed by atoms with Crippen molar-refractivity contribution in [3.05, 3.63) is 65.2 Å². The Morgan fingerprint density at radius 3 is 2.22 bits per heavy atom. The summed E-state index contributed by atoms with van der Waals surface area (Å²) in [5.41, 5.74) is 3.02. The Kier molecular flexibility index (Phi) is 6.90. The van der Waals surface area contributed by atoms with E-state index >= 15 is 0 Å². The SMILES string of the molecule is O=C(O)NCC1CCC(CNC(=O)c2cc(-c3ccc(Cl)cc3)nc3ccccc23)CC1. The summed E-state index contributed by atoms with van der Waals surface area (Å²) in [6.07, 6.45) is 2.94. The standard InChI is InChI=1S/C25H26ClN3O3/c26-19-11-9-18(10-12-19)23-13-21(20-3-1-2-4-22(20)29-23)24(30)27-14-16-5-7-17(8-6-16)15-28-25(31)32/h1-4,9-13,16-17,28H,5-8,14-15H2,(H,27,30)(H,31,32). The van der Waals surface area contributed by atoms with E-state index in [4.69, 9.17) is 21.7 Å². The molecular formula is C25H26ClN3O3. The van der Waals surface area contributed by atoms with Crippen molar-refractivity contribution in [3.63, 3.8) is 0 Å². The first kappa shape index (κ1) is 22.1. The number of fused-ring (bicyclic) bond motifs is 1. The molecule has 1 heterocycles. The van der Waals surface area contributed by atoms with Crippen LogP contribution in [0, 0.1) is 11.8 Å². The monoisotopic (exact) mass is 451 g/mol. The van der Waals surface area contributed by atoms with Crippen LogP contribution >= 0.6 is 11.6 Å². The average Bonchev–Trinajstić information content (AvgIpc) is 2.81. The minimum atomic E-state index is -0.970. The molecule has 166 valence electrons. The lowest BCUT2D eigenvalue weighted by molar-refractivity contribution is 0.0942. The fourth-order valence-electron chi connectivity index (χ4n) is 4.34. The molecule has 1 saturated carbocycles. The van der Waals surface area contributed by atoms with Gasteiger partial charge in [-0.1, -0.05) is 41.9 Å². The van der Waals surface area contributed by atoms with Gasteiger partial charge in [0.15, 0.2) is 0 Å². The van der Waals surface area contributed by atoms with Crippen LogP contribution in [-0.2, 0) is 0 Å². The van der Waals surface area contributed by atoms with Crippen LogP contribution in [0.5, 0.6) is 0 Å². The van der Waals surface area contributed by atoms with Crippen molar-refractivity contribution in [2.24, 2.45) is 11.8 Å². The molecule has 1 aromatic heterocycles. The number of halogens is 1. The summed E-state index contributed by atoms with van der Waals surface area (Å²) in [7, 11) is 0. The van der Waals surface area contributed by atoms with E-state index in [0.29, 0.717) is 35.5 Å². The number of pyridine rings is 1. The molecule has 0 bridgehead atoms. The lowest BCUT2D eigenvalue weighted by Crippen LogP contribution is -2.34. The number of rotatable bonds is 6. The van der Waals surface area contributed by atoms with Crippen molar-refractivity contribution in [2.45, 2.75) is 25.7 Å². The number of para-hydroxylation sites is 1. The number of hydrogen-bond acceptors (Lipinski definition) is 3. The lowest BCUT2D eigenvalue weighted by Gasteiger charge is -2.28. The van der Waals surface area contributed by atoms with Gasteiger partial charge in [-0.25, -0.2) is 9.78 Å². The van der Waals surface area contributed by atoms with E-state index in [2.05, 4.69) is 10.6 Å². The second-order valence-electron chi connectivity index (χ2n) is 8.36. The van der Waals surface area contributed by atoms with Crippen molar-refractivity contribution in [2.75, 3.05) is 13.1 Å². The summed E-state index contributed by atoms with van der Waals surface area (Å²) in [6.45, 7) is 1.12. The summed E-state index contributed by atoms with van der Waals surface area (Å²) in [5.74, 6) is 0.682. The minimum absolute atomic E-state index is 0.103. The van der Waals surface area contributed by atoms with Crippen molar-refractivity contribution in [1.82, 2.24) is 15.6 Å². The predicted molar refractivity (Wildman–Crippen MR) is 126 cm³/mol. The smallest absolute Gasteiger partial charge is 0.404 e. The summed E-state index contributed by atoms with van der Waals surface area (Å²) < 4.78 is 0. The van der Waals surface area contributed by atoms with Crippen LogP contribution in [0.4, 0.5) is 4.79 Å². The highest BCUT2D eigenvalue weighted by molar-refractivity contribution is 6.30. The molecule has 0 radical (unpaired) electrons. The summed E-state index contributed by atoms with van der Waals surface area (Å²) >= 11 is 6.02. The van der Waals surface area contributed by atoms with Gasteiger partial charge in [-0.15, -0.1) is 0 Å². The number of hydrogen-bond donors (Lipinski definition) is 3. The van der Waals surface area contributed by atoms with Gasteiger partial charge in [0.1, 0.15) is 0 Å². The molecule has 1 aliphatic carbocycles. The molecular weight excluding hydrogens is 426 g/mol. The van der Waals surface area contributed by atoms with E-state index in [1.807, 2.05) is 54.6 Å². The van der Waals surface area contributed by atoms with Crippen LogP contribution in [0.3, 0.4) is 0 Å². The molecule has 2 aromatic carbocycles. The van der Waals surface area contributed by atoms with Crippen LogP contribution in [0.1, 0.15) is 36.0 Å².